The number of aromatic nitrogens is 2. The molecule has 7 nitrogen and oxygen atoms in total. The number of carbonyl (C=O) groups is 1. The predicted molar refractivity (Wildman–Crippen MR) is 88.6 cm³/mol. The maximum Gasteiger partial charge on any atom is 0.315 e. The maximum absolute atomic E-state index is 12.2. The minimum Gasteiger partial charge on any atom is -0.378 e. The van der Waals surface area contributed by atoms with Crippen LogP contribution in [0.15, 0.2) is 4.52 Å². The van der Waals surface area contributed by atoms with Crippen molar-refractivity contribution in [1.29, 1.82) is 0 Å². The number of nitrogens with one attached hydrogen (secondary N) is 2. The van der Waals surface area contributed by atoms with Crippen LogP contribution < -0.4 is 10.6 Å². The highest BCUT2D eigenvalue weighted by Crippen LogP contribution is 2.54. The van der Waals surface area contributed by atoms with Crippen LogP contribution in [0.25, 0.3) is 0 Å². The molecule has 0 radical (unpaired) electrons. The molecule has 2 fully saturated rings. The SMILES string of the molecule is CCO[C@@H]1C[C@H](NC(=O)NCCCc2nc(C)no2)C12CCCC2. The Kier molecular flexibility index (Phi) is 5.38. The molecule has 3 rings (SSSR count). The first-order valence-electron chi connectivity index (χ1n) is 9.09. The van der Waals surface area contributed by atoms with Crippen molar-refractivity contribution in [3.8, 4) is 0 Å². The quantitative estimate of drug-likeness (QED) is 0.746. The predicted octanol–water partition coefficient (Wildman–Crippen LogP) is 2.35. The van der Waals surface area contributed by atoms with Gasteiger partial charge in [-0.25, -0.2) is 4.79 Å². The summed E-state index contributed by atoms with van der Waals surface area (Å²) in [5.41, 5.74) is 0.175. The van der Waals surface area contributed by atoms with Crippen LogP contribution in [0.5, 0.6) is 0 Å². The summed E-state index contributed by atoms with van der Waals surface area (Å²) in [5, 5.41) is 9.84. The molecule has 134 valence electrons. The van der Waals surface area contributed by atoms with E-state index in [1.807, 2.05) is 6.92 Å². The monoisotopic (exact) mass is 336 g/mol. The van der Waals surface area contributed by atoms with Crippen molar-refractivity contribution in [3.05, 3.63) is 11.7 Å². The second kappa shape index (κ2) is 7.51. The average Bonchev–Trinajstić information content (AvgIpc) is 3.21. The van der Waals surface area contributed by atoms with Crippen LogP contribution in [0.3, 0.4) is 0 Å². The van der Waals surface area contributed by atoms with Crippen molar-refractivity contribution in [2.24, 2.45) is 5.41 Å². The molecule has 0 aromatic carbocycles. The van der Waals surface area contributed by atoms with E-state index in [1.54, 1.807) is 6.92 Å². The Bertz CT molecular complexity index is 554. The molecule has 2 atom stereocenters. The molecule has 1 aromatic heterocycles. The third kappa shape index (κ3) is 3.55. The van der Waals surface area contributed by atoms with Gasteiger partial charge in [0.05, 0.1) is 6.10 Å². The van der Waals surface area contributed by atoms with Crippen LogP contribution >= 0.6 is 0 Å². The van der Waals surface area contributed by atoms with Gasteiger partial charge in [0.25, 0.3) is 0 Å². The van der Waals surface area contributed by atoms with Crippen LogP contribution in [-0.2, 0) is 11.2 Å². The number of hydrogen-bond donors (Lipinski definition) is 2. The lowest BCUT2D eigenvalue weighted by Crippen LogP contribution is -2.64. The molecule has 0 unspecified atom stereocenters. The average molecular weight is 336 g/mol. The van der Waals surface area contributed by atoms with Crippen LogP contribution in [0, 0.1) is 12.3 Å². The molecule has 0 aliphatic heterocycles. The maximum atomic E-state index is 12.2. The van der Waals surface area contributed by atoms with Crippen molar-refractivity contribution in [2.45, 2.75) is 70.9 Å². The fourth-order valence-electron chi connectivity index (χ4n) is 4.18. The molecule has 2 saturated carbocycles. The van der Waals surface area contributed by atoms with Gasteiger partial charge < -0.3 is 19.9 Å². The molecule has 0 bridgehead atoms. The van der Waals surface area contributed by atoms with Crippen LogP contribution in [-0.4, -0.2) is 41.5 Å². The summed E-state index contributed by atoms with van der Waals surface area (Å²) in [7, 11) is 0. The van der Waals surface area contributed by atoms with Crippen LogP contribution in [0.4, 0.5) is 4.79 Å². The van der Waals surface area contributed by atoms with Crippen molar-refractivity contribution in [3.63, 3.8) is 0 Å². The third-order valence-corrected chi connectivity index (χ3v) is 5.42. The highest BCUT2D eigenvalue weighted by atomic mass is 16.5. The zero-order chi connectivity index (χ0) is 17.0. The molecule has 1 aromatic rings. The fraction of sp³-hybridized carbons (Fsp3) is 0.824. The molecule has 1 spiro atoms. The van der Waals surface area contributed by atoms with E-state index in [9.17, 15) is 4.79 Å². The van der Waals surface area contributed by atoms with E-state index < -0.39 is 0 Å². The lowest BCUT2D eigenvalue weighted by molar-refractivity contribution is -0.126. The van der Waals surface area contributed by atoms with E-state index >= 15 is 0 Å². The number of hydrogen-bond acceptors (Lipinski definition) is 5. The summed E-state index contributed by atoms with van der Waals surface area (Å²) < 4.78 is 10.9. The zero-order valence-electron chi connectivity index (χ0n) is 14.6. The van der Waals surface area contributed by atoms with Gasteiger partial charge in [-0.2, -0.15) is 4.98 Å². The lowest BCUT2D eigenvalue weighted by atomic mass is 9.60. The topological polar surface area (TPSA) is 89.3 Å². The molecular weight excluding hydrogens is 308 g/mol. The Morgan fingerprint density at radius 2 is 2.21 bits per heavy atom. The molecular formula is C17H28N4O3. The van der Waals surface area contributed by atoms with Gasteiger partial charge in [-0.05, 0) is 39.5 Å². The van der Waals surface area contributed by atoms with Crippen molar-refractivity contribution in [2.75, 3.05) is 13.2 Å². The van der Waals surface area contributed by atoms with Gasteiger partial charge in [-0.1, -0.05) is 18.0 Å². The number of nitrogens with zero attached hydrogens (tertiary/aromatic N) is 2. The van der Waals surface area contributed by atoms with Gasteiger partial charge in [0.2, 0.25) is 5.89 Å². The van der Waals surface area contributed by atoms with E-state index in [4.69, 9.17) is 9.26 Å². The molecule has 1 heterocycles. The summed E-state index contributed by atoms with van der Waals surface area (Å²) in [6.07, 6.45) is 7.53. The van der Waals surface area contributed by atoms with Crippen LogP contribution in [0.2, 0.25) is 0 Å². The lowest BCUT2D eigenvalue weighted by Gasteiger charge is -2.53. The van der Waals surface area contributed by atoms with Gasteiger partial charge in [-0.15, -0.1) is 0 Å². The Labute approximate surface area is 142 Å². The zero-order valence-corrected chi connectivity index (χ0v) is 14.6. The van der Waals surface area contributed by atoms with Gasteiger partial charge >= 0.3 is 6.03 Å². The van der Waals surface area contributed by atoms with E-state index in [1.165, 1.54) is 25.7 Å². The van der Waals surface area contributed by atoms with E-state index in [-0.39, 0.29) is 17.5 Å². The summed E-state index contributed by atoms with van der Waals surface area (Å²) in [6, 6.07) is 0.165. The number of urea groups is 1. The first-order chi connectivity index (χ1) is 11.6. The summed E-state index contributed by atoms with van der Waals surface area (Å²) in [4.78, 5) is 16.3. The largest absolute Gasteiger partial charge is 0.378 e. The second-order valence-corrected chi connectivity index (χ2v) is 6.91. The van der Waals surface area contributed by atoms with E-state index in [0.29, 0.717) is 30.8 Å². The highest BCUT2D eigenvalue weighted by molar-refractivity contribution is 5.74. The number of rotatable bonds is 7. The first kappa shape index (κ1) is 17.2. The Hall–Kier alpha value is -1.63. The molecule has 2 amide bonds. The summed E-state index contributed by atoms with van der Waals surface area (Å²) >= 11 is 0. The number of amides is 2. The third-order valence-electron chi connectivity index (χ3n) is 5.42. The van der Waals surface area contributed by atoms with Gasteiger partial charge in [0.15, 0.2) is 5.82 Å². The van der Waals surface area contributed by atoms with Crippen LogP contribution in [0.1, 0.15) is 57.2 Å². The first-order valence-corrected chi connectivity index (χ1v) is 9.09. The van der Waals surface area contributed by atoms with Crippen molar-refractivity contribution in [1.82, 2.24) is 20.8 Å². The Morgan fingerprint density at radius 1 is 1.42 bits per heavy atom. The van der Waals surface area contributed by atoms with E-state index in [0.717, 1.165) is 19.4 Å². The Balaban J connectivity index is 1.39. The molecule has 2 aliphatic rings. The van der Waals surface area contributed by atoms with Crippen molar-refractivity contribution < 1.29 is 14.1 Å². The van der Waals surface area contributed by atoms with Gasteiger partial charge in [0, 0.05) is 31.0 Å². The summed E-state index contributed by atoms with van der Waals surface area (Å²) in [6.45, 7) is 5.19. The molecule has 2 N–H and O–H groups in total. The summed E-state index contributed by atoms with van der Waals surface area (Å²) in [5.74, 6) is 1.27. The molecule has 7 heteroatoms. The van der Waals surface area contributed by atoms with Gasteiger partial charge in [-0.3, -0.25) is 0 Å². The number of ether oxygens (including phenoxy) is 1. The smallest absolute Gasteiger partial charge is 0.315 e. The van der Waals surface area contributed by atoms with E-state index in [2.05, 4.69) is 20.8 Å². The molecule has 0 saturated heterocycles. The fourth-order valence-corrected chi connectivity index (χ4v) is 4.18. The van der Waals surface area contributed by atoms with Crippen molar-refractivity contribution >= 4 is 6.03 Å². The minimum absolute atomic E-state index is 0.0806. The second-order valence-electron chi connectivity index (χ2n) is 6.91. The molecule has 24 heavy (non-hydrogen) atoms. The number of carbonyl (C=O) groups excluding carboxylic acids is 1. The number of aryl methyl sites for hydroxylation is 2. The minimum atomic E-state index is -0.0806. The Morgan fingerprint density at radius 3 is 2.88 bits per heavy atom. The highest BCUT2D eigenvalue weighted by Gasteiger charge is 2.57. The molecule has 2 aliphatic carbocycles. The normalized spacial score (nSPS) is 24.8. The van der Waals surface area contributed by atoms with Gasteiger partial charge in [0.1, 0.15) is 0 Å². The standard InChI is InChI=1S/C17H28N4O3/c1-3-23-14-11-13(17(14)8-4-5-9-17)20-16(22)18-10-6-7-15-19-12(2)21-24-15/h13-14H,3-11H2,1-2H3,(H2,18,20,22)/t13-,14+/m0/s1.